The summed E-state index contributed by atoms with van der Waals surface area (Å²) in [7, 11) is 0. The molecule has 1 heterocycles. The molecule has 6 heteroatoms. The van der Waals surface area contributed by atoms with E-state index in [-0.39, 0.29) is 22.7 Å². The largest absolute Gasteiger partial charge is 0.341 e. The molecule has 3 atom stereocenters. The van der Waals surface area contributed by atoms with Crippen LogP contribution in [-0.2, 0) is 15.0 Å². The minimum atomic E-state index is -0.728. The van der Waals surface area contributed by atoms with Gasteiger partial charge in [0.05, 0.1) is 11.7 Å². The molecule has 3 fully saturated rings. The average Bonchev–Trinajstić information content (AvgIpc) is 2.55. The summed E-state index contributed by atoms with van der Waals surface area (Å²) in [6.07, 6.45) is 1.99. The maximum Gasteiger partial charge on any atom is 0.314 e. The van der Waals surface area contributed by atoms with E-state index in [1.807, 2.05) is 20.8 Å². The number of anilines is 1. The molecule has 0 saturated heterocycles. The van der Waals surface area contributed by atoms with Gasteiger partial charge in [-0.3, -0.25) is 9.59 Å². The Bertz CT molecular complexity index is 746. The Labute approximate surface area is 154 Å². The molecule has 1 aromatic heterocycles. The molecule has 0 aromatic carbocycles. The van der Waals surface area contributed by atoms with E-state index < -0.39 is 11.8 Å². The SMILES string of the molecule is C=C1C(NC(=O)C(=O)Nc2ccc(C(C)(C)C)nn2)C[C@H]2C[C@@H]1C2(C)C. The van der Waals surface area contributed by atoms with Crippen molar-refractivity contribution in [2.24, 2.45) is 17.3 Å². The summed E-state index contributed by atoms with van der Waals surface area (Å²) >= 11 is 0. The fourth-order valence-electron chi connectivity index (χ4n) is 4.07. The quantitative estimate of drug-likeness (QED) is 0.630. The molecule has 1 unspecified atom stereocenters. The molecule has 0 spiro atoms. The van der Waals surface area contributed by atoms with Gasteiger partial charge in [-0.1, -0.05) is 46.8 Å². The van der Waals surface area contributed by atoms with Crippen molar-refractivity contribution >= 4 is 17.6 Å². The van der Waals surface area contributed by atoms with E-state index in [4.69, 9.17) is 0 Å². The van der Waals surface area contributed by atoms with Gasteiger partial charge in [-0.2, -0.15) is 5.10 Å². The Morgan fingerprint density at radius 3 is 2.35 bits per heavy atom. The molecule has 2 amide bonds. The van der Waals surface area contributed by atoms with Gasteiger partial charge in [0.1, 0.15) is 0 Å². The van der Waals surface area contributed by atoms with Crippen LogP contribution in [0.3, 0.4) is 0 Å². The summed E-state index contributed by atoms with van der Waals surface area (Å²) in [5, 5.41) is 13.4. The highest BCUT2D eigenvalue weighted by molar-refractivity contribution is 6.39. The fourth-order valence-corrected chi connectivity index (χ4v) is 4.07. The normalized spacial score (nSPS) is 26.7. The van der Waals surface area contributed by atoms with Crippen molar-refractivity contribution in [3.8, 4) is 0 Å². The zero-order valence-electron chi connectivity index (χ0n) is 16.2. The van der Waals surface area contributed by atoms with Crippen LogP contribution in [0, 0.1) is 17.3 Å². The summed E-state index contributed by atoms with van der Waals surface area (Å²) in [6.45, 7) is 14.8. The first-order valence-electron chi connectivity index (χ1n) is 9.15. The van der Waals surface area contributed by atoms with Gasteiger partial charge in [0, 0.05) is 5.41 Å². The highest BCUT2D eigenvalue weighted by atomic mass is 16.2. The van der Waals surface area contributed by atoms with Crippen LogP contribution in [0.2, 0.25) is 0 Å². The second-order valence-electron chi connectivity index (χ2n) is 9.15. The van der Waals surface area contributed by atoms with Crippen molar-refractivity contribution in [1.82, 2.24) is 15.5 Å². The van der Waals surface area contributed by atoms with Crippen molar-refractivity contribution in [3.63, 3.8) is 0 Å². The number of aromatic nitrogens is 2. The first-order valence-corrected chi connectivity index (χ1v) is 9.15. The zero-order valence-corrected chi connectivity index (χ0v) is 16.2. The van der Waals surface area contributed by atoms with Crippen LogP contribution < -0.4 is 10.6 Å². The Kier molecular flexibility index (Phi) is 4.41. The molecule has 2 N–H and O–H groups in total. The second kappa shape index (κ2) is 6.18. The van der Waals surface area contributed by atoms with Crippen LogP contribution in [0.5, 0.6) is 0 Å². The van der Waals surface area contributed by atoms with Gasteiger partial charge >= 0.3 is 11.8 Å². The molecule has 2 bridgehead atoms. The first kappa shape index (κ1) is 18.5. The van der Waals surface area contributed by atoms with E-state index in [1.165, 1.54) is 0 Å². The van der Waals surface area contributed by atoms with Crippen molar-refractivity contribution < 1.29 is 9.59 Å². The summed E-state index contributed by atoms with van der Waals surface area (Å²) in [4.78, 5) is 24.4. The van der Waals surface area contributed by atoms with Crippen molar-refractivity contribution in [3.05, 3.63) is 30.0 Å². The third-order valence-electron chi connectivity index (χ3n) is 6.07. The summed E-state index contributed by atoms with van der Waals surface area (Å²) in [6, 6.07) is 3.34. The van der Waals surface area contributed by atoms with Crippen LogP contribution in [0.15, 0.2) is 24.3 Å². The van der Waals surface area contributed by atoms with Crippen molar-refractivity contribution in [2.45, 2.75) is 58.9 Å². The van der Waals surface area contributed by atoms with Crippen LogP contribution in [-0.4, -0.2) is 28.1 Å². The van der Waals surface area contributed by atoms with Crippen LogP contribution in [0.4, 0.5) is 5.82 Å². The maximum absolute atomic E-state index is 12.3. The Balaban J connectivity index is 1.57. The van der Waals surface area contributed by atoms with E-state index >= 15 is 0 Å². The molecule has 1 aromatic rings. The Morgan fingerprint density at radius 1 is 1.15 bits per heavy atom. The lowest BCUT2D eigenvalue weighted by Crippen LogP contribution is -2.58. The molecule has 3 aliphatic rings. The molecular weight excluding hydrogens is 328 g/mol. The lowest BCUT2D eigenvalue weighted by Gasteiger charge is -2.59. The van der Waals surface area contributed by atoms with Gasteiger partial charge in [0.15, 0.2) is 5.82 Å². The summed E-state index contributed by atoms with van der Waals surface area (Å²) < 4.78 is 0. The molecule has 3 aliphatic carbocycles. The Morgan fingerprint density at radius 2 is 1.85 bits per heavy atom. The van der Waals surface area contributed by atoms with Crippen molar-refractivity contribution in [1.29, 1.82) is 0 Å². The van der Waals surface area contributed by atoms with Gasteiger partial charge in [0.25, 0.3) is 0 Å². The number of nitrogens with one attached hydrogen (secondary N) is 2. The van der Waals surface area contributed by atoms with Gasteiger partial charge < -0.3 is 10.6 Å². The lowest BCUT2D eigenvalue weighted by atomic mass is 9.46. The van der Waals surface area contributed by atoms with Gasteiger partial charge in [-0.15, -0.1) is 5.10 Å². The number of hydrogen-bond donors (Lipinski definition) is 2. The Hall–Kier alpha value is -2.24. The predicted molar refractivity (Wildman–Crippen MR) is 100 cm³/mol. The molecule has 6 nitrogen and oxygen atoms in total. The maximum atomic E-state index is 12.3. The van der Waals surface area contributed by atoms with Gasteiger partial charge in [-0.05, 0) is 42.2 Å². The number of fused-ring (bicyclic) bond motifs is 2. The lowest BCUT2D eigenvalue weighted by molar-refractivity contribution is -0.137. The van der Waals surface area contributed by atoms with E-state index in [0.717, 1.165) is 24.1 Å². The number of rotatable bonds is 2. The first-order chi connectivity index (χ1) is 12.0. The van der Waals surface area contributed by atoms with Crippen molar-refractivity contribution in [2.75, 3.05) is 5.32 Å². The molecule has 26 heavy (non-hydrogen) atoms. The predicted octanol–water partition coefficient (Wildman–Crippen LogP) is 2.82. The molecule has 0 radical (unpaired) electrons. The minimum Gasteiger partial charge on any atom is -0.341 e. The highest BCUT2D eigenvalue weighted by Crippen LogP contribution is 2.60. The van der Waals surface area contributed by atoms with Crippen LogP contribution in [0.1, 0.15) is 53.2 Å². The van der Waals surface area contributed by atoms with Crippen LogP contribution >= 0.6 is 0 Å². The number of carbonyl (C=O) groups excluding carboxylic acids is 2. The summed E-state index contributed by atoms with van der Waals surface area (Å²) in [5.74, 6) is -0.122. The zero-order chi connectivity index (χ0) is 19.3. The molecular formula is C20H28N4O2. The minimum absolute atomic E-state index is 0.122. The topological polar surface area (TPSA) is 84.0 Å². The molecule has 3 saturated carbocycles. The third kappa shape index (κ3) is 3.24. The highest BCUT2D eigenvalue weighted by Gasteiger charge is 2.55. The van der Waals surface area contributed by atoms with Crippen LogP contribution in [0.25, 0.3) is 0 Å². The standard InChI is InChI=1S/C20H28N4O2/c1-11-13-9-12(20(13,5)6)10-14(11)21-17(25)18(26)22-16-8-7-15(23-24-16)19(2,3)4/h7-8,12-14H,1,9-10H2,2-6H3,(H,21,25)(H,22,24,26)/t12-,13+,14?/m1/s1. The smallest absolute Gasteiger partial charge is 0.314 e. The number of carbonyl (C=O) groups is 2. The van der Waals surface area contributed by atoms with Gasteiger partial charge in [-0.25, -0.2) is 0 Å². The van der Waals surface area contributed by atoms with E-state index in [0.29, 0.717) is 11.8 Å². The van der Waals surface area contributed by atoms with E-state index in [9.17, 15) is 9.59 Å². The van der Waals surface area contributed by atoms with Gasteiger partial charge in [0.2, 0.25) is 0 Å². The third-order valence-corrected chi connectivity index (χ3v) is 6.07. The second-order valence-corrected chi connectivity index (χ2v) is 9.15. The summed E-state index contributed by atoms with van der Waals surface area (Å²) in [5.41, 5.74) is 1.99. The molecule has 0 aliphatic heterocycles. The van der Waals surface area contributed by atoms with E-state index in [2.05, 4.69) is 41.3 Å². The molecule has 140 valence electrons. The number of nitrogens with zero attached hydrogens (tertiary/aromatic N) is 2. The number of hydrogen-bond acceptors (Lipinski definition) is 4. The monoisotopic (exact) mass is 356 g/mol. The van der Waals surface area contributed by atoms with E-state index in [1.54, 1.807) is 12.1 Å². The average molecular weight is 356 g/mol. The molecule has 4 rings (SSSR count). The number of amides is 2. The fraction of sp³-hybridized carbons (Fsp3) is 0.600.